The molecule has 1 atom stereocenters. The molecule has 2 heteroatoms. The average Bonchev–Trinajstić information content (AvgIpc) is 1.80. The van der Waals surface area contributed by atoms with Gasteiger partial charge in [0, 0.05) is 5.41 Å². The van der Waals surface area contributed by atoms with Crippen LogP contribution in [0.2, 0.25) is 0 Å². The Bertz CT molecular complexity index is 202. The summed E-state index contributed by atoms with van der Waals surface area (Å²) in [6.45, 7) is 8.58. The highest BCUT2D eigenvalue weighted by Crippen LogP contribution is 2.10. The van der Waals surface area contributed by atoms with E-state index < -0.39 is 11.9 Å². The number of hydrogen-bond donors (Lipinski definition) is 1. The molecule has 1 nitrogen and oxygen atoms in total. The molecular formula is C9H13FO. The second-order valence-electron chi connectivity index (χ2n) is 3.37. The number of aliphatic hydroxyl groups excluding tert-OH is 1. The Morgan fingerprint density at radius 2 is 2.00 bits per heavy atom. The minimum Gasteiger partial charge on any atom is -0.374 e. The van der Waals surface area contributed by atoms with Crippen molar-refractivity contribution in [1.29, 1.82) is 0 Å². The fourth-order valence-corrected chi connectivity index (χ4v) is 0.363. The van der Waals surface area contributed by atoms with Crippen LogP contribution in [0.5, 0.6) is 0 Å². The molecule has 11 heavy (non-hydrogen) atoms. The molecule has 0 aromatic rings. The molecule has 0 aliphatic rings. The van der Waals surface area contributed by atoms with E-state index in [-0.39, 0.29) is 5.41 Å². The molecule has 0 bridgehead atoms. The second-order valence-corrected chi connectivity index (χ2v) is 3.37. The van der Waals surface area contributed by atoms with E-state index in [2.05, 4.69) is 18.4 Å². The van der Waals surface area contributed by atoms with Gasteiger partial charge in [0.05, 0.1) is 0 Å². The van der Waals surface area contributed by atoms with Gasteiger partial charge < -0.3 is 5.11 Å². The minimum atomic E-state index is -1.34. The monoisotopic (exact) mass is 156 g/mol. The minimum absolute atomic E-state index is 0.212. The molecule has 1 unspecified atom stereocenters. The molecule has 0 radical (unpaired) electrons. The van der Waals surface area contributed by atoms with Crippen LogP contribution in [0.4, 0.5) is 4.39 Å². The average molecular weight is 156 g/mol. The summed E-state index contributed by atoms with van der Waals surface area (Å²) in [6, 6.07) is 0. The zero-order chi connectivity index (χ0) is 9.07. The Balaban J connectivity index is 4.19. The Morgan fingerprint density at radius 1 is 1.55 bits per heavy atom. The standard InChI is InChI=1S/C9H13FO/c1-7(10)8(11)5-6-9(2,3)4/h8,11H,1H2,2-4H3. The maximum atomic E-state index is 12.1. The van der Waals surface area contributed by atoms with Gasteiger partial charge in [-0.15, -0.1) is 0 Å². The van der Waals surface area contributed by atoms with Crippen LogP contribution in [0.15, 0.2) is 12.4 Å². The Labute approximate surface area is 66.9 Å². The topological polar surface area (TPSA) is 20.2 Å². The fourth-order valence-electron chi connectivity index (χ4n) is 0.363. The molecule has 0 amide bonds. The summed E-state index contributed by atoms with van der Waals surface area (Å²) in [4.78, 5) is 0. The van der Waals surface area contributed by atoms with Crippen molar-refractivity contribution in [3.63, 3.8) is 0 Å². The van der Waals surface area contributed by atoms with Gasteiger partial charge in [0.25, 0.3) is 0 Å². The summed E-state index contributed by atoms with van der Waals surface area (Å²) in [7, 11) is 0. The third-order valence-corrected chi connectivity index (χ3v) is 0.881. The zero-order valence-corrected chi connectivity index (χ0v) is 7.11. The molecule has 0 heterocycles. The highest BCUT2D eigenvalue weighted by molar-refractivity contribution is 5.17. The maximum absolute atomic E-state index is 12.1. The summed E-state index contributed by atoms with van der Waals surface area (Å²) in [5.41, 5.74) is -0.212. The maximum Gasteiger partial charge on any atom is 0.165 e. The lowest BCUT2D eigenvalue weighted by molar-refractivity contribution is 0.237. The molecule has 0 fully saturated rings. The first-order chi connectivity index (χ1) is 4.83. The van der Waals surface area contributed by atoms with Crippen molar-refractivity contribution in [2.24, 2.45) is 5.41 Å². The van der Waals surface area contributed by atoms with Gasteiger partial charge in [-0.1, -0.05) is 18.4 Å². The molecule has 0 aromatic carbocycles. The predicted octanol–water partition coefficient (Wildman–Crippen LogP) is 1.88. The predicted molar refractivity (Wildman–Crippen MR) is 43.5 cm³/mol. The van der Waals surface area contributed by atoms with E-state index in [4.69, 9.17) is 5.11 Å². The van der Waals surface area contributed by atoms with Gasteiger partial charge >= 0.3 is 0 Å². The Hall–Kier alpha value is -0.810. The molecule has 62 valence electrons. The van der Waals surface area contributed by atoms with Crippen LogP contribution in [-0.2, 0) is 0 Å². The number of hydrogen-bond acceptors (Lipinski definition) is 1. The van der Waals surface area contributed by atoms with Crippen molar-refractivity contribution in [3.05, 3.63) is 12.4 Å². The van der Waals surface area contributed by atoms with Crippen LogP contribution < -0.4 is 0 Å². The molecule has 0 saturated heterocycles. The SMILES string of the molecule is C=C(F)C(O)C#CC(C)(C)C. The van der Waals surface area contributed by atoms with E-state index >= 15 is 0 Å². The van der Waals surface area contributed by atoms with Crippen molar-refractivity contribution in [1.82, 2.24) is 0 Å². The first-order valence-electron chi connectivity index (χ1n) is 3.38. The van der Waals surface area contributed by atoms with Crippen molar-refractivity contribution in [3.8, 4) is 11.8 Å². The normalized spacial score (nSPS) is 13.2. The highest BCUT2D eigenvalue weighted by atomic mass is 19.1. The number of halogens is 1. The molecular weight excluding hydrogens is 143 g/mol. The van der Waals surface area contributed by atoms with E-state index in [1.54, 1.807) is 0 Å². The van der Waals surface area contributed by atoms with Crippen LogP contribution in [0.3, 0.4) is 0 Å². The molecule has 0 aromatic heterocycles. The lowest BCUT2D eigenvalue weighted by Crippen LogP contribution is -2.06. The molecule has 0 spiro atoms. The molecule has 0 rings (SSSR count). The Kier molecular flexibility index (Phi) is 3.28. The first-order valence-corrected chi connectivity index (χ1v) is 3.38. The smallest absolute Gasteiger partial charge is 0.165 e. The van der Waals surface area contributed by atoms with Crippen LogP contribution in [0.25, 0.3) is 0 Å². The summed E-state index contributed by atoms with van der Waals surface area (Å²) in [6.07, 6.45) is -1.34. The molecule has 0 aliphatic carbocycles. The number of rotatable bonds is 1. The van der Waals surface area contributed by atoms with Crippen molar-refractivity contribution in [2.45, 2.75) is 26.9 Å². The van der Waals surface area contributed by atoms with E-state index in [0.29, 0.717) is 0 Å². The summed E-state index contributed by atoms with van der Waals surface area (Å²) < 4.78 is 12.1. The van der Waals surface area contributed by atoms with Gasteiger partial charge in [-0.25, -0.2) is 4.39 Å². The van der Waals surface area contributed by atoms with Gasteiger partial charge in [-0.3, -0.25) is 0 Å². The van der Waals surface area contributed by atoms with E-state index in [1.165, 1.54) is 0 Å². The van der Waals surface area contributed by atoms with Crippen LogP contribution in [0, 0.1) is 17.3 Å². The van der Waals surface area contributed by atoms with Crippen molar-refractivity contribution < 1.29 is 9.50 Å². The zero-order valence-electron chi connectivity index (χ0n) is 7.11. The van der Waals surface area contributed by atoms with Gasteiger partial charge in [0.15, 0.2) is 6.10 Å². The van der Waals surface area contributed by atoms with E-state index in [9.17, 15) is 4.39 Å². The first kappa shape index (κ1) is 10.2. The largest absolute Gasteiger partial charge is 0.374 e. The third kappa shape index (κ3) is 5.63. The fraction of sp³-hybridized carbons (Fsp3) is 0.556. The van der Waals surface area contributed by atoms with Crippen LogP contribution in [0.1, 0.15) is 20.8 Å². The lowest BCUT2D eigenvalue weighted by Gasteiger charge is -2.07. The molecule has 0 aliphatic heterocycles. The quantitative estimate of drug-likeness (QED) is 0.575. The van der Waals surface area contributed by atoms with Crippen LogP contribution in [-0.4, -0.2) is 11.2 Å². The van der Waals surface area contributed by atoms with Crippen LogP contribution >= 0.6 is 0 Å². The molecule has 1 N–H and O–H groups in total. The molecule has 0 saturated carbocycles. The third-order valence-electron chi connectivity index (χ3n) is 0.881. The van der Waals surface area contributed by atoms with E-state index in [1.807, 2.05) is 20.8 Å². The van der Waals surface area contributed by atoms with Gasteiger partial charge in [0.2, 0.25) is 0 Å². The number of aliphatic hydroxyl groups is 1. The highest BCUT2D eigenvalue weighted by Gasteiger charge is 2.06. The van der Waals surface area contributed by atoms with Gasteiger partial charge in [-0.05, 0) is 20.8 Å². The Morgan fingerprint density at radius 3 is 2.27 bits per heavy atom. The van der Waals surface area contributed by atoms with Gasteiger partial charge in [0.1, 0.15) is 5.83 Å². The van der Waals surface area contributed by atoms with E-state index in [0.717, 1.165) is 0 Å². The van der Waals surface area contributed by atoms with Crippen molar-refractivity contribution >= 4 is 0 Å². The summed E-state index contributed by atoms with van der Waals surface area (Å²) in [5, 5.41) is 8.84. The lowest BCUT2D eigenvalue weighted by atomic mass is 9.98. The second kappa shape index (κ2) is 3.54. The summed E-state index contributed by atoms with van der Waals surface area (Å²) >= 11 is 0. The van der Waals surface area contributed by atoms with Gasteiger partial charge in [-0.2, -0.15) is 0 Å². The van der Waals surface area contributed by atoms with Crippen molar-refractivity contribution in [2.75, 3.05) is 0 Å². The summed E-state index contributed by atoms with van der Waals surface area (Å²) in [5.74, 6) is 4.25.